The Bertz CT molecular complexity index is 608. The third-order valence-corrected chi connectivity index (χ3v) is 3.35. The summed E-state index contributed by atoms with van der Waals surface area (Å²) in [6.45, 7) is 4.18. The van der Waals surface area contributed by atoms with Crippen LogP contribution in [0.3, 0.4) is 0 Å². The van der Waals surface area contributed by atoms with Gasteiger partial charge in [-0.1, -0.05) is 29.8 Å². The van der Waals surface area contributed by atoms with E-state index in [9.17, 15) is 4.79 Å². The van der Waals surface area contributed by atoms with E-state index in [-0.39, 0.29) is 5.91 Å². The molecule has 0 saturated carbocycles. The lowest BCUT2D eigenvalue weighted by molar-refractivity contribution is -0.114. The normalized spacial score (nSPS) is 10.2. The van der Waals surface area contributed by atoms with Crippen LogP contribution in [0, 0.1) is 6.92 Å². The van der Waals surface area contributed by atoms with Gasteiger partial charge in [0.25, 0.3) is 0 Å². The van der Waals surface area contributed by atoms with E-state index < -0.39 is 0 Å². The Morgan fingerprint density at radius 3 is 2.35 bits per heavy atom. The molecule has 0 atom stereocenters. The van der Waals surface area contributed by atoms with Gasteiger partial charge in [-0.05, 0) is 42.3 Å². The number of hydrogen-bond acceptors (Lipinski definition) is 2. The third kappa shape index (κ3) is 4.00. The van der Waals surface area contributed by atoms with Crippen molar-refractivity contribution in [2.24, 2.45) is 0 Å². The first-order chi connectivity index (χ1) is 9.54. The van der Waals surface area contributed by atoms with E-state index in [1.807, 2.05) is 49.4 Å². The minimum atomic E-state index is -0.0647. The largest absolute Gasteiger partial charge is 0.381 e. The molecule has 0 aliphatic heterocycles. The molecule has 1 amide bonds. The summed E-state index contributed by atoms with van der Waals surface area (Å²) in [6.07, 6.45) is 0. The summed E-state index contributed by atoms with van der Waals surface area (Å²) in [5.74, 6) is -0.0647. The van der Waals surface area contributed by atoms with E-state index in [4.69, 9.17) is 11.6 Å². The number of carbonyl (C=O) groups excluding carboxylic acids is 1. The van der Waals surface area contributed by atoms with E-state index >= 15 is 0 Å². The van der Waals surface area contributed by atoms with Crippen LogP contribution in [-0.2, 0) is 11.3 Å². The first-order valence-electron chi connectivity index (χ1n) is 6.41. The zero-order valence-electron chi connectivity index (χ0n) is 11.5. The summed E-state index contributed by atoms with van der Waals surface area (Å²) < 4.78 is 0. The molecule has 0 saturated heterocycles. The zero-order valence-corrected chi connectivity index (χ0v) is 12.3. The van der Waals surface area contributed by atoms with Crippen LogP contribution in [0.15, 0.2) is 42.5 Å². The lowest BCUT2D eigenvalue weighted by atomic mass is 10.2. The van der Waals surface area contributed by atoms with Gasteiger partial charge in [-0.3, -0.25) is 4.79 Å². The number of benzene rings is 2. The van der Waals surface area contributed by atoms with Crippen molar-refractivity contribution in [2.75, 3.05) is 10.6 Å². The Morgan fingerprint density at radius 2 is 1.75 bits per heavy atom. The Hall–Kier alpha value is -2.00. The smallest absolute Gasteiger partial charge is 0.221 e. The van der Waals surface area contributed by atoms with Gasteiger partial charge in [-0.2, -0.15) is 0 Å². The number of anilines is 2. The maximum Gasteiger partial charge on any atom is 0.221 e. The lowest BCUT2D eigenvalue weighted by Gasteiger charge is -2.09. The molecule has 0 bridgehead atoms. The van der Waals surface area contributed by atoms with Crippen LogP contribution in [0.4, 0.5) is 11.4 Å². The van der Waals surface area contributed by atoms with Crippen LogP contribution in [0.2, 0.25) is 5.02 Å². The van der Waals surface area contributed by atoms with Gasteiger partial charge < -0.3 is 10.6 Å². The van der Waals surface area contributed by atoms with Crippen LogP contribution >= 0.6 is 11.6 Å². The summed E-state index contributed by atoms with van der Waals surface area (Å²) in [5, 5.41) is 6.82. The number of carbonyl (C=O) groups is 1. The highest BCUT2D eigenvalue weighted by Crippen LogP contribution is 2.20. The monoisotopic (exact) mass is 288 g/mol. The van der Waals surface area contributed by atoms with Crippen molar-refractivity contribution >= 4 is 28.9 Å². The van der Waals surface area contributed by atoms with Crippen molar-refractivity contribution in [2.45, 2.75) is 20.4 Å². The number of halogens is 1. The van der Waals surface area contributed by atoms with Crippen LogP contribution in [-0.4, -0.2) is 5.91 Å². The third-order valence-electron chi connectivity index (χ3n) is 2.94. The number of nitrogens with one attached hydrogen (secondary N) is 2. The SMILES string of the molecule is CC(=O)Nc1ccc(CNc2ccc(C)c(Cl)c2)cc1. The predicted molar refractivity (Wildman–Crippen MR) is 84.3 cm³/mol. The minimum Gasteiger partial charge on any atom is -0.381 e. The van der Waals surface area contributed by atoms with E-state index in [0.717, 1.165) is 27.5 Å². The molecule has 2 aromatic carbocycles. The average molecular weight is 289 g/mol. The summed E-state index contributed by atoms with van der Waals surface area (Å²) in [5.41, 5.74) is 4.00. The fraction of sp³-hybridized carbons (Fsp3) is 0.188. The maximum absolute atomic E-state index is 10.9. The molecular weight excluding hydrogens is 272 g/mol. The second-order valence-corrected chi connectivity index (χ2v) is 5.10. The molecule has 104 valence electrons. The summed E-state index contributed by atoms with van der Waals surface area (Å²) in [7, 11) is 0. The average Bonchev–Trinajstić information content (AvgIpc) is 2.41. The molecule has 3 nitrogen and oxygen atoms in total. The zero-order chi connectivity index (χ0) is 14.5. The molecule has 2 rings (SSSR count). The van der Waals surface area contributed by atoms with Gasteiger partial charge in [-0.15, -0.1) is 0 Å². The minimum absolute atomic E-state index is 0.0647. The molecule has 2 N–H and O–H groups in total. The molecule has 0 aliphatic rings. The quantitative estimate of drug-likeness (QED) is 0.884. The van der Waals surface area contributed by atoms with Gasteiger partial charge in [0.2, 0.25) is 5.91 Å². The van der Waals surface area contributed by atoms with Crippen molar-refractivity contribution in [1.82, 2.24) is 0 Å². The van der Waals surface area contributed by atoms with Crippen LogP contribution < -0.4 is 10.6 Å². The van der Waals surface area contributed by atoms with Crippen molar-refractivity contribution in [3.63, 3.8) is 0 Å². The fourth-order valence-corrected chi connectivity index (χ4v) is 2.00. The highest BCUT2D eigenvalue weighted by molar-refractivity contribution is 6.31. The summed E-state index contributed by atoms with van der Waals surface area (Å²) >= 11 is 6.08. The lowest BCUT2D eigenvalue weighted by Crippen LogP contribution is -2.06. The van der Waals surface area contributed by atoms with Crippen molar-refractivity contribution in [1.29, 1.82) is 0 Å². The Labute approximate surface area is 124 Å². The maximum atomic E-state index is 10.9. The highest BCUT2D eigenvalue weighted by Gasteiger charge is 1.99. The Morgan fingerprint density at radius 1 is 1.10 bits per heavy atom. The van der Waals surface area contributed by atoms with Gasteiger partial charge in [0.1, 0.15) is 0 Å². The Balaban J connectivity index is 1.96. The van der Waals surface area contributed by atoms with E-state index in [1.54, 1.807) is 0 Å². The standard InChI is InChI=1S/C16H17ClN2O/c1-11-3-6-15(9-16(11)17)18-10-13-4-7-14(8-5-13)19-12(2)20/h3-9,18H,10H2,1-2H3,(H,19,20). The molecule has 0 fully saturated rings. The predicted octanol–water partition coefficient (Wildman–Crippen LogP) is 4.22. The molecule has 0 aliphatic carbocycles. The first kappa shape index (κ1) is 14.4. The highest BCUT2D eigenvalue weighted by atomic mass is 35.5. The fourth-order valence-electron chi connectivity index (χ4n) is 1.82. The molecule has 0 aromatic heterocycles. The number of rotatable bonds is 4. The molecule has 0 spiro atoms. The molecule has 20 heavy (non-hydrogen) atoms. The molecule has 4 heteroatoms. The van der Waals surface area contributed by atoms with E-state index in [2.05, 4.69) is 10.6 Å². The van der Waals surface area contributed by atoms with Gasteiger partial charge in [0.15, 0.2) is 0 Å². The summed E-state index contributed by atoms with van der Waals surface area (Å²) in [4.78, 5) is 10.9. The number of hydrogen-bond donors (Lipinski definition) is 2. The van der Waals surface area contributed by atoms with Crippen molar-refractivity contribution in [3.05, 3.63) is 58.6 Å². The van der Waals surface area contributed by atoms with E-state index in [0.29, 0.717) is 6.54 Å². The molecule has 0 radical (unpaired) electrons. The van der Waals surface area contributed by atoms with Crippen LogP contribution in [0.25, 0.3) is 0 Å². The van der Waals surface area contributed by atoms with Gasteiger partial charge in [0, 0.05) is 29.9 Å². The first-order valence-corrected chi connectivity index (χ1v) is 6.79. The molecule has 0 unspecified atom stereocenters. The molecule has 2 aromatic rings. The van der Waals surface area contributed by atoms with Crippen molar-refractivity contribution in [3.8, 4) is 0 Å². The van der Waals surface area contributed by atoms with Gasteiger partial charge in [0.05, 0.1) is 0 Å². The van der Waals surface area contributed by atoms with Crippen molar-refractivity contribution < 1.29 is 4.79 Å². The van der Waals surface area contributed by atoms with Crippen LogP contribution in [0.5, 0.6) is 0 Å². The summed E-state index contributed by atoms with van der Waals surface area (Å²) in [6, 6.07) is 13.7. The van der Waals surface area contributed by atoms with Gasteiger partial charge >= 0.3 is 0 Å². The molecule has 0 heterocycles. The van der Waals surface area contributed by atoms with Gasteiger partial charge in [-0.25, -0.2) is 0 Å². The number of aryl methyl sites for hydroxylation is 1. The number of amides is 1. The topological polar surface area (TPSA) is 41.1 Å². The second kappa shape index (κ2) is 6.44. The Kier molecular flexibility index (Phi) is 4.64. The molecular formula is C16H17ClN2O. The van der Waals surface area contributed by atoms with Crippen LogP contribution in [0.1, 0.15) is 18.1 Å². The second-order valence-electron chi connectivity index (χ2n) is 4.70. The van der Waals surface area contributed by atoms with E-state index in [1.165, 1.54) is 6.92 Å².